The molecule has 0 atom stereocenters. The minimum atomic E-state index is 0.846. The zero-order chi connectivity index (χ0) is 8.67. The Morgan fingerprint density at radius 3 is 2.62 bits per heavy atom. The Bertz CT molecular complexity index is 519. The van der Waals surface area contributed by atoms with Crippen LogP contribution < -0.4 is 0 Å². The van der Waals surface area contributed by atoms with Crippen LogP contribution in [0.25, 0.3) is 21.9 Å². The van der Waals surface area contributed by atoms with E-state index in [0.717, 1.165) is 11.1 Å². The van der Waals surface area contributed by atoms with Gasteiger partial charge in [-0.1, -0.05) is 24.3 Å². The van der Waals surface area contributed by atoms with Gasteiger partial charge in [0.15, 0.2) is 12.0 Å². The maximum atomic E-state index is 5.21. The number of hydrogen-bond acceptors (Lipinski definition) is 2. The van der Waals surface area contributed by atoms with Gasteiger partial charge in [0.05, 0.1) is 0 Å². The van der Waals surface area contributed by atoms with E-state index in [4.69, 9.17) is 4.42 Å². The van der Waals surface area contributed by atoms with Gasteiger partial charge in [-0.05, 0) is 22.9 Å². The van der Waals surface area contributed by atoms with E-state index in [1.54, 1.807) is 0 Å². The van der Waals surface area contributed by atoms with E-state index >= 15 is 0 Å². The van der Waals surface area contributed by atoms with E-state index in [0.29, 0.717) is 0 Å². The highest BCUT2D eigenvalue weighted by Gasteiger charge is 1.99. The van der Waals surface area contributed by atoms with E-state index in [1.165, 1.54) is 17.2 Å². The van der Waals surface area contributed by atoms with Gasteiger partial charge < -0.3 is 4.42 Å². The summed E-state index contributed by atoms with van der Waals surface area (Å²) in [5.74, 6) is 0. The monoisotopic (exact) mass is 169 g/mol. The summed E-state index contributed by atoms with van der Waals surface area (Å²) in [5.41, 5.74) is 1.76. The normalized spacial score (nSPS) is 11.1. The number of oxazole rings is 1. The van der Waals surface area contributed by atoms with Crippen molar-refractivity contribution in [3.05, 3.63) is 42.8 Å². The van der Waals surface area contributed by atoms with E-state index in [9.17, 15) is 0 Å². The third kappa shape index (κ3) is 0.920. The summed E-state index contributed by atoms with van der Waals surface area (Å²) in [6.07, 6.45) is 1.48. The molecule has 62 valence electrons. The van der Waals surface area contributed by atoms with Crippen molar-refractivity contribution in [3.8, 4) is 0 Å². The van der Waals surface area contributed by atoms with Crippen LogP contribution in [0.3, 0.4) is 0 Å². The van der Waals surface area contributed by atoms with Gasteiger partial charge in [-0.2, -0.15) is 0 Å². The lowest BCUT2D eigenvalue weighted by molar-refractivity contribution is 0.602. The van der Waals surface area contributed by atoms with Crippen LogP contribution in [0.4, 0.5) is 0 Å². The smallest absolute Gasteiger partial charge is 0.181 e. The molecule has 0 aliphatic carbocycles. The molecule has 3 aromatic rings. The Morgan fingerprint density at radius 1 is 1.00 bits per heavy atom. The summed E-state index contributed by atoms with van der Waals surface area (Å²) in [6.45, 7) is 0. The Hall–Kier alpha value is -1.83. The molecule has 2 aromatic carbocycles. The number of hydrogen-bond donors (Lipinski definition) is 0. The van der Waals surface area contributed by atoms with E-state index in [2.05, 4.69) is 17.1 Å². The average Bonchev–Trinajstić information content (AvgIpc) is 2.61. The molecule has 0 N–H and O–H groups in total. The molecule has 0 bridgehead atoms. The SMILES string of the molecule is c1ccc2cc3ocnc3cc2c1. The van der Waals surface area contributed by atoms with Crippen molar-refractivity contribution in [1.29, 1.82) is 0 Å². The van der Waals surface area contributed by atoms with Crippen LogP contribution >= 0.6 is 0 Å². The second kappa shape index (κ2) is 2.33. The van der Waals surface area contributed by atoms with Crippen LogP contribution in [0.5, 0.6) is 0 Å². The molecule has 1 heterocycles. The molecule has 2 nitrogen and oxygen atoms in total. The van der Waals surface area contributed by atoms with Gasteiger partial charge in [-0.15, -0.1) is 0 Å². The molecule has 0 spiro atoms. The summed E-state index contributed by atoms with van der Waals surface area (Å²) < 4.78 is 5.21. The molecule has 0 fully saturated rings. The highest BCUT2D eigenvalue weighted by Crippen LogP contribution is 2.21. The predicted octanol–water partition coefficient (Wildman–Crippen LogP) is 2.98. The highest BCUT2D eigenvalue weighted by molar-refractivity contribution is 5.93. The lowest BCUT2D eigenvalue weighted by Gasteiger charge is -1.94. The molecule has 1 aromatic heterocycles. The number of aromatic nitrogens is 1. The Kier molecular flexibility index (Phi) is 1.19. The van der Waals surface area contributed by atoms with Crippen molar-refractivity contribution >= 4 is 21.9 Å². The summed E-state index contributed by atoms with van der Waals surface area (Å²) in [6, 6.07) is 12.2. The Morgan fingerprint density at radius 2 is 1.77 bits per heavy atom. The van der Waals surface area contributed by atoms with Gasteiger partial charge in [0.1, 0.15) is 5.52 Å². The summed E-state index contributed by atoms with van der Waals surface area (Å²) in [7, 11) is 0. The number of fused-ring (bicyclic) bond motifs is 2. The fourth-order valence-corrected chi connectivity index (χ4v) is 1.54. The fraction of sp³-hybridized carbons (Fsp3) is 0. The highest BCUT2D eigenvalue weighted by atomic mass is 16.3. The number of nitrogens with zero attached hydrogens (tertiary/aromatic N) is 1. The lowest BCUT2D eigenvalue weighted by Crippen LogP contribution is -1.72. The standard InChI is InChI=1S/C11H7NO/c1-2-4-9-6-11-10(12-7-13-11)5-8(9)3-1/h1-7H. The summed E-state index contributed by atoms with van der Waals surface area (Å²) in [5, 5.41) is 2.38. The van der Waals surface area contributed by atoms with Gasteiger partial charge in [0.25, 0.3) is 0 Å². The molecular weight excluding hydrogens is 162 g/mol. The maximum absolute atomic E-state index is 5.21. The molecular formula is C11H7NO. The van der Waals surface area contributed by atoms with Crippen LogP contribution in [-0.4, -0.2) is 4.98 Å². The summed E-state index contributed by atoms with van der Waals surface area (Å²) >= 11 is 0. The Labute approximate surface area is 74.8 Å². The molecule has 13 heavy (non-hydrogen) atoms. The van der Waals surface area contributed by atoms with Gasteiger partial charge in [-0.25, -0.2) is 4.98 Å². The van der Waals surface area contributed by atoms with Crippen molar-refractivity contribution in [2.24, 2.45) is 0 Å². The van der Waals surface area contributed by atoms with Crippen molar-refractivity contribution < 1.29 is 4.42 Å². The van der Waals surface area contributed by atoms with Crippen LogP contribution in [0.2, 0.25) is 0 Å². The van der Waals surface area contributed by atoms with Gasteiger partial charge in [0, 0.05) is 0 Å². The zero-order valence-corrected chi connectivity index (χ0v) is 6.90. The van der Waals surface area contributed by atoms with Crippen molar-refractivity contribution in [1.82, 2.24) is 4.98 Å². The zero-order valence-electron chi connectivity index (χ0n) is 6.90. The van der Waals surface area contributed by atoms with Crippen LogP contribution in [0, 0.1) is 0 Å². The first kappa shape index (κ1) is 6.66. The lowest BCUT2D eigenvalue weighted by atomic mass is 10.1. The molecule has 0 aliphatic heterocycles. The largest absolute Gasteiger partial charge is 0.443 e. The van der Waals surface area contributed by atoms with E-state index < -0.39 is 0 Å². The average molecular weight is 169 g/mol. The topological polar surface area (TPSA) is 26.0 Å². The summed E-state index contributed by atoms with van der Waals surface area (Å²) in [4.78, 5) is 4.10. The van der Waals surface area contributed by atoms with Gasteiger partial charge in [-0.3, -0.25) is 0 Å². The van der Waals surface area contributed by atoms with Crippen molar-refractivity contribution in [2.45, 2.75) is 0 Å². The molecule has 3 rings (SSSR count). The van der Waals surface area contributed by atoms with Gasteiger partial charge >= 0.3 is 0 Å². The number of benzene rings is 2. The molecule has 2 heteroatoms. The predicted molar refractivity (Wildman–Crippen MR) is 51.5 cm³/mol. The van der Waals surface area contributed by atoms with E-state index in [1.807, 2.05) is 24.3 Å². The third-order valence-corrected chi connectivity index (χ3v) is 2.20. The minimum Gasteiger partial charge on any atom is -0.443 e. The van der Waals surface area contributed by atoms with Crippen LogP contribution in [0.15, 0.2) is 47.2 Å². The van der Waals surface area contributed by atoms with Gasteiger partial charge in [0.2, 0.25) is 0 Å². The van der Waals surface area contributed by atoms with Crippen molar-refractivity contribution in [2.75, 3.05) is 0 Å². The van der Waals surface area contributed by atoms with Crippen LogP contribution in [0.1, 0.15) is 0 Å². The second-order valence-corrected chi connectivity index (χ2v) is 3.02. The molecule has 0 saturated carbocycles. The molecule has 0 unspecified atom stereocenters. The third-order valence-electron chi connectivity index (χ3n) is 2.20. The molecule has 0 saturated heterocycles. The first-order valence-corrected chi connectivity index (χ1v) is 4.15. The quantitative estimate of drug-likeness (QED) is 0.517. The second-order valence-electron chi connectivity index (χ2n) is 3.02. The van der Waals surface area contributed by atoms with E-state index in [-0.39, 0.29) is 0 Å². The fourth-order valence-electron chi connectivity index (χ4n) is 1.54. The molecule has 0 amide bonds. The Balaban J connectivity index is 2.57. The molecule has 0 aliphatic rings. The maximum Gasteiger partial charge on any atom is 0.181 e. The van der Waals surface area contributed by atoms with Crippen LogP contribution in [-0.2, 0) is 0 Å². The first-order valence-electron chi connectivity index (χ1n) is 4.15. The number of rotatable bonds is 0. The minimum absolute atomic E-state index is 0.846. The van der Waals surface area contributed by atoms with Crippen molar-refractivity contribution in [3.63, 3.8) is 0 Å². The first-order chi connectivity index (χ1) is 6.43. The molecule has 0 radical (unpaired) electrons.